The normalized spacial score (nSPS) is 14.1. The van der Waals surface area contributed by atoms with Crippen LogP contribution in [0.25, 0.3) is 0 Å². The average Bonchev–Trinajstić information content (AvgIpc) is 2.95. The Labute approximate surface area is 136 Å². The van der Waals surface area contributed by atoms with Gasteiger partial charge in [-0.1, -0.05) is 60.1 Å². The highest BCUT2D eigenvalue weighted by Crippen LogP contribution is 2.34. The molecule has 0 aliphatic heterocycles. The molecule has 2 aromatic rings. The van der Waals surface area contributed by atoms with E-state index in [9.17, 15) is 0 Å². The summed E-state index contributed by atoms with van der Waals surface area (Å²) in [5.41, 5.74) is 4.09. The summed E-state index contributed by atoms with van der Waals surface area (Å²) in [4.78, 5) is 0. The molecule has 0 N–H and O–H groups in total. The lowest BCUT2D eigenvalue weighted by Gasteiger charge is -2.31. The predicted octanol–water partition coefficient (Wildman–Crippen LogP) is 4.75. The van der Waals surface area contributed by atoms with Crippen LogP contribution in [0.4, 0.5) is 0 Å². The Hall–Kier alpha value is -1.09. The lowest BCUT2D eigenvalue weighted by atomic mass is 9.76. The van der Waals surface area contributed by atoms with Crippen molar-refractivity contribution in [1.29, 1.82) is 0 Å². The Morgan fingerprint density at radius 2 is 1.86 bits per heavy atom. The molecule has 1 unspecified atom stereocenters. The molecule has 1 aromatic carbocycles. The van der Waals surface area contributed by atoms with Gasteiger partial charge in [0.05, 0.1) is 5.69 Å². The van der Waals surface area contributed by atoms with E-state index in [2.05, 4.69) is 77.8 Å². The quantitative estimate of drug-likeness (QED) is 0.660. The zero-order valence-electron chi connectivity index (χ0n) is 13.3. The highest BCUT2D eigenvalue weighted by molar-refractivity contribution is 9.09. The number of nitrogens with zero attached hydrogens (tertiary/aromatic N) is 2. The maximum absolute atomic E-state index is 4.69. The van der Waals surface area contributed by atoms with Gasteiger partial charge in [0.15, 0.2) is 0 Å². The standard InChI is InChI=1S/C18H25BrN2/c1-4-16-12-17(21(6-3)20-16)13-18(5-2,14-19)15-10-8-7-9-11-15/h7-12H,4-6,13-14H2,1-3H3. The molecular formula is C18H25BrN2. The number of halogens is 1. The third-order valence-corrected chi connectivity index (χ3v) is 5.49. The van der Waals surface area contributed by atoms with Crippen LogP contribution in [0.15, 0.2) is 36.4 Å². The summed E-state index contributed by atoms with van der Waals surface area (Å²) in [6.45, 7) is 7.55. The van der Waals surface area contributed by atoms with E-state index in [0.717, 1.165) is 31.1 Å². The minimum atomic E-state index is 0.138. The van der Waals surface area contributed by atoms with Crippen LogP contribution in [0.3, 0.4) is 0 Å². The van der Waals surface area contributed by atoms with Crippen LogP contribution in [-0.4, -0.2) is 15.1 Å². The highest BCUT2D eigenvalue weighted by atomic mass is 79.9. The Morgan fingerprint density at radius 1 is 1.14 bits per heavy atom. The van der Waals surface area contributed by atoms with Crippen LogP contribution in [0.5, 0.6) is 0 Å². The lowest BCUT2D eigenvalue weighted by molar-refractivity contribution is 0.442. The van der Waals surface area contributed by atoms with Crippen LogP contribution in [0.2, 0.25) is 0 Å². The van der Waals surface area contributed by atoms with E-state index in [1.807, 2.05) is 0 Å². The molecule has 2 nitrogen and oxygen atoms in total. The van der Waals surface area contributed by atoms with Crippen molar-refractivity contribution in [3.8, 4) is 0 Å². The fourth-order valence-corrected chi connectivity index (χ4v) is 3.81. The van der Waals surface area contributed by atoms with Crippen LogP contribution >= 0.6 is 15.9 Å². The van der Waals surface area contributed by atoms with Gasteiger partial charge in [-0.2, -0.15) is 5.10 Å². The van der Waals surface area contributed by atoms with Gasteiger partial charge in [0.2, 0.25) is 0 Å². The average molecular weight is 349 g/mol. The van der Waals surface area contributed by atoms with Gasteiger partial charge >= 0.3 is 0 Å². The molecule has 0 amide bonds. The van der Waals surface area contributed by atoms with E-state index in [4.69, 9.17) is 5.10 Å². The molecular weight excluding hydrogens is 324 g/mol. The summed E-state index contributed by atoms with van der Waals surface area (Å²) in [7, 11) is 0. The monoisotopic (exact) mass is 348 g/mol. The van der Waals surface area contributed by atoms with Gasteiger partial charge in [0.1, 0.15) is 0 Å². The van der Waals surface area contributed by atoms with E-state index < -0.39 is 0 Å². The number of aryl methyl sites for hydroxylation is 2. The number of alkyl halides is 1. The van der Waals surface area contributed by atoms with Crippen molar-refractivity contribution in [1.82, 2.24) is 9.78 Å². The smallest absolute Gasteiger partial charge is 0.0624 e. The van der Waals surface area contributed by atoms with E-state index in [1.54, 1.807) is 0 Å². The molecule has 0 spiro atoms. The molecule has 0 aliphatic rings. The summed E-state index contributed by atoms with van der Waals surface area (Å²) in [6, 6.07) is 13.1. The van der Waals surface area contributed by atoms with Crippen molar-refractivity contribution in [2.75, 3.05) is 5.33 Å². The number of hydrogen-bond acceptors (Lipinski definition) is 1. The molecule has 3 heteroatoms. The minimum absolute atomic E-state index is 0.138. The maximum Gasteiger partial charge on any atom is 0.0624 e. The second-order valence-corrected chi connectivity index (χ2v) is 6.17. The van der Waals surface area contributed by atoms with E-state index in [-0.39, 0.29) is 5.41 Å². The van der Waals surface area contributed by atoms with E-state index in [1.165, 1.54) is 17.0 Å². The maximum atomic E-state index is 4.69. The summed E-state index contributed by atoms with van der Waals surface area (Å²) in [5.74, 6) is 0. The van der Waals surface area contributed by atoms with Gasteiger partial charge in [-0.25, -0.2) is 0 Å². The SMILES string of the molecule is CCc1cc(CC(CC)(CBr)c2ccccc2)n(CC)n1. The van der Waals surface area contributed by atoms with Crippen molar-refractivity contribution in [3.05, 3.63) is 53.3 Å². The van der Waals surface area contributed by atoms with Gasteiger partial charge in [-0.15, -0.1) is 0 Å². The Morgan fingerprint density at radius 3 is 2.38 bits per heavy atom. The topological polar surface area (TPSA) is 17.8 Å². The molecule has 0 fully saturated rings. The first kappa shape index (κ1) is 16.3. The molecule has 0 saturated heterocycles. The lowest BCUT2D eigenvalue weighted by Crippen LogP contribution is -2.31. The number of hydrogen-bond donors (Lipinski definition) is 0. The summed E-state index contributed by atoms with van der Waals surface area (Å²) in [6.07, 6.45) is 3.14. The molecule has 0 saturated carbocycles. The number of rotatable bonds is 7. The van der Waals surface area contributed by atoms with Crippen LogP contribution < -0.4 is 0 Å². The molecule has 0 radical (unpaired) electrons. The summed E-state index contributed by atoms with van der Waals surface area (Å²) in [5, 5.41) is 5.66. The van der Waals surface area contributed by atoms with Crippen molar-refractivity contribution in [2.24, 2.45) is 0 Å². The zero-order chi connectivity index (χ0) is 15.3. The van der Waals surface area contributed by atoms with Gasteiger partial charge in [-0.3, -0.25) is 4.68 Å². The van der Waals surface area contributed by atoms with Crippen molar-refractivity contribution in [3.63, 3.8) is 0 Å². The summed E-state index contributed by atoms with van der Waals surface area (Å²) >= 11 is 3.77. The molecule has 1 heterocycles. The van der Waals surface area contributed by atoms with E-state index in [0.29, 0.717) is 0 Å². The van der Waals surface area contributed by atoms with Crippen molar-refractivity contribution in [2.45, 2.75) is 52.0 Å². The molecule has 1 aromatic heterocycles. The Kier molecular flexibility index (Phi) is 5.63. The fourth-order valence-electron chi connectivity index (χ4n) is 2.89. The number of benzene rings is 1. The van der Waals surface area contributed by atoms with E-state index >= 15 is 0 Å². The molecule has 1 atom stereocenters. The molecule has 21 heavy (non-hydrogen) atoms. The molecule has 0 bridgehead atoms. The fraction of sp³-hybridized carbons (Fsp3) is 0.500. The van der Waals surface area contributed by atoms with Gasteiger partial charge in [0.25, 0.3) is 0 Å². The van der Waals surface area contributed by atoms with Gasteiger partial charge in [0, 0.05) is 23.0 Å². The van der Waals surface area contributed by atoms with Gasteiger partial charge < -0.3 is 0 Å². The Balaban J connectivity index is 2.39. The Bertz CT molecular complexity index is 556. The van der Waals surface area contributed by atoms with Crippen LogP contribution in [-0.2, 0) is 24.8 Å². The molecule has 114 valence electrons. The third kappa shape index (κ3) is 3.39. The molecule has 2 rings (SSSR count). The minimum Gasteiger partial charge on any atom is -0.270 e. The second kappa shape index (κ2) is 7.26. The zero-order valence-corrected chi connectivity index (χ0v) is 14.9. The summed E-state index contributed by atoms with van der Waals surface area (Å²) < 4.78 is 2.16. The third-order valence-electron chi connectivity index (χ3n) is 4.41. The first-order chi connectivity index (χ1) is 10.2. The van der Waals surface area contributed by atoms with Crippen LogP contribution in [0.1, 0.15) is 44.1 Å². The van der Waals surface area contributed by atoms with Crippen LogP contribution in [0, 0.1) is 0 Å². The predicted molar refractivity (Wildman–Crippen MR) is 93.2 cm³/mol. The molecule has 0 aliphatic carbocycles. The van der Waals surface area contributed by atoms with Gasteiger partial charge in [-0.05, 0) is 37.8 Å². The highest BCUT2D eigenvalue weighted by Gasteiger charge is 2.30. The first-order valence-electron chi connectivity index (χ1n) is 7.86. The number of aromatic nitrogens is 2. The second-order valence-electron chi connectivity index (χ2n) is 5.61. The van der Waals surface area contributed by atoms with Crippen molar-refractivity contribution >= 4 is 15.9 Å². The largest absolute Gasteiger partial charge is 0.270 e. The van der Waals surface area contributed by atoms with Crippen molar-refractivity contribution < 1.29 is 0 Å². The first-order valence-corrected chi connectivity index (χ1v) is 8.98.